The zero-order valence-electron chi connectivity index (χ0n) is 17.0. The van der Waals surface area contributed by atoms with E-state index in [9.17, 15) is 5.11 Å². The third-order valence-corrected chi connectivity index (χ3v) is 4.06. The van der Waals surface area contributed by atoms with E-state index in [2.05, 4.69) is 34.7 Å². The van der Waals surface area contributed by atoms with Gasteiger partial charge < -0.3 is 25.2 Å². The average molecular weight is 386 g/mol. The molecule has 6 heteroatoms. The van der Waals surface area contributed by atoms with Crippen LogP contribution in [0, 0.1) is 6.92 Å². The third-order valence-electron chi connectivity index (χ3n) is 4.06. The van der Waals surface area contributed by atoms with Gasteiger partial charge in [-0.1, -0.05) is 24.3 Å². The van der Waals surface area contributed by atoms with E-state index in [1.165, 1.54) is 0 Å². The number of nitrogens with zero attached hydrogens (tertiary/aromatic N) is 1. The monoisotopic (exact) mass is 385 g/mol. The molecule has 0 amide bonds. The van der Waals surface area contributed by atoms with Crippen LogP contribution < -0.4 is 15.4 Å². The van der Waals surface area contributed by atoms with Crippen LogP contribution in [0.25, 0.3) is 0 Å². The molecule has 28 heavy (non-hydrogen) atoms. The van der Waals surface area contributed by atoms with Gasteiger partial charge in [-0.25, -0.2) is 4.99 Å². The Morgan fingerprint density at radius 3 is 2.54 bits per heavy atom. The second kappa shape index (κ2) is 11.9. The summed E-state index contributed by atoms with van der Waals surface area (Å²) in [5, 5.41) is 16.0. The van der Waals surface area contributed by atoms with Crippen molar-refractivity contribution < 1.29 is 14.6 Å². The third kappa shape index (κ3) is 7.48. The van der Waals surface area contributed by atoms with Gasteiger partial charge in [-0.2, -0.15) is 0 Å². The molecular formula is C22H31N3O3. The van der Waals surface area contributed by atoms with Crippen LogP contribution in [0.15, 0.2) is 47.5 Å². The van der Waals surface area contributed by atoms with Gasteiger partial charge in [0.15, 0.2) is 5.96 Å². The number of rotatable bonds is 10. The molecule has 0 spiro atoms. The fourth-order valence-corrected chi connectivity index (χ4v) is 2.59. The molecule has 0 saturated heterocycles. The van der Waals surface area contributed by atoms with Crippen LogP contribution in [0.5, 0.6) is 11.5 Å². The van der Waals surface area contributed by atoms with Crippen molar-refractivity contribution in [3.63, 3.8) is 0 Å². The summed E-state index contributed by atoms with van der Waals surface area (Å²) in [7, 11) is 0. The molecule has 0 saturated carbocycles. The number of phenols is 1. The smallest absolute Gasteiger partial charge is 0.191 e. The highest BCUT2D eigenvalue weighted by Gasteiger charge is 2.06. The topological polar surface area (TPSA) is 75.1 Å². The van der Waals surface area contributed by atoms with Gasteiger partial charge in [-0.3, -0.25) is 0 Å². The van der Waals surface area contributed by atoms with Gasteiger partial charge in [0.05, 0.1) is 13.2 Å². The summed E-state index contributed by atoms with van der Waals surface area (Å²) in [5.74, 6) is 1.85. The minimum absolute atomic E-state index is 0.258. The van der Waals surface area contributed by atoms with Crippen molar-refractivity contribution in [1.82, 2.24) is 10.6 Å². The molecule has 3 N–H and O–H groups in total. The number of ether oxygens (including phenoxy) is 2. The predicted octanol–water partition coefficient (Wildman–Crippen LogP) is 3.37. The molecule has 2 aromatic carbocycles. The molecule has 2 aromatic rings. The lowest BCUT2D eigenvalue weighted by atomic mass is 10.1. The molecule has 152 valence electrons. The Hall–Kier alpha value is -2.73. The van der Waals surface area contributed by atoms with Crippen LogP contribution in [-0.4, -0.2) is 37.4 Å². The van der Waals surface area contributed by atoms with Crippen molar-refractivity contribution in [2.75, 3.05) is 26.4 Å². The number of benzene rings is 2. The van der Waals surface area contributed by atoms with E-state index in [1.54, 1.807) is 12.1 Å². The molecule has 0 aliphatic carbocycles. The predicted molar refractivity (Wildman–Crippen MR) is 113 cm³/mol. The quantitative estimate of drug-likeness (QED) is 0.332. The van der Waals surface area contributed by atoms with E-state index < -0.39 is 0 Å². The summed E-state index contributed by atoms with van der Waals surface area (Å²) in [4.78, 5) is 4.61. The maximum atomic E-state index is 9.39. The highest BCUT2D eigenvalue weighted by molar-refractivity contribution is 5.79. The molecule has 0 bridgehead atoms. The fraction of sp³-hybridized carbons (Fsp3) is 0.409. The van der Waals surface area contributed by atoms with E-state index in [0.29, 0.717) is 32.9 Å². The lowest BCUT2D eigenvalue weighted by molar-refractivity contribution is 0.110. The van der Waals surface area contributed by atoms with Crippen molar-refractivity contribution in [3.05, 3.63) is 59.2 Å². The van der Waals surface area contributed by atoms with Gasteiger partial charge in [0.2, 0.25) is 0 Å². The van der Waals surface area contributed by atoms with Crippen molar-refractivity contribution in [2.24, 2.45) is 4.99 Å². The Bertz CT molecular complexity index is 745. The number of aromatic hydroxyl groups is 1. The summed E-state index contributed by atoms with van der Waals surface area (Å²) < 4.78 is 11.3. The molecular weight excluding hydrogens is 354 g/mol. The molecule has 6 nitrogen and oxygen atoms in total. The van der Waals surface area contributed by atoms with Gasteiger partial charge in [0.1, 0.15) is 18.1 Å². The standard InChI is InChI=1S/C22H31N3O3/c1-4-23-22(24-15-18-7-10-20(26)11-8-18)25-16-19-9-6-17(3)14-21(19)28-13-12-27-5-2/h6-11,14,26H,4-5,12-13,15-16H2,1-3H3,(H2,23,24,25). The minimum Gasteiger partial charge on any atom is -0.508 e. The summed E-state index contributed by atoms with van der Waals surface area (Å²) >= 11 is 0. The van der Waals surface area contributed by atoms with Crippen LogP contribution in [0.1, 0.15) is 30.5 Å². The van der Waals surface area contributed by atoms with E-state index >= 15 is 0 Å². The Kier molecular flexibility index (Phi) is 9.15. The van der Waals surface area contributed by atoms with Crippen LogP contribution >= 0.6 is 0 Å². The largest absolute Gasteiger partial charge is 0.508 e. The van der Waals surface area contributed by atoms with E-state index in [-0.39, 0.29) is 5.75 Å². The normalized spacial score (nSPS) is 11.3. The molecule has 0 atom stereocenters. The molecule has 0 aliphatic rings. The Morgan fingerprint density at radius 2 is 1.82 bits per heavy atom. The maximum absolute atomic E-state index is 9.39. The first-order valence-electron chi connectivity index (χ1n) is 9.72. The number of aryl methyl sites for hydroxylation is 1. The highest BCUT2D eigenvalue weighted by Crippen LogP contribution is 2.20. The van der Waals surface area contributed by atoms with Gasteiger partial charge in [0, 0.05) is 25.3 Å². The second-order valence-corrected chi connectivity index (χ2v) is 6.37. The summed E-state index contributed by atoms with van der Waals surface area (Å²) in [6.45, 7) is 9.76. The Morgan fingerprint density at radius 1 is 1.04 bits per heavy atom. The van der Waals surface area contributed by atoms with E-state index in [4.69, 9.17) is 9.47 Å². The average Bonchev–Trinajstić information content (AvgIpc) is 2.69. The molecule has 0 unspecified atom stereocenters. The van der Waals surface area contributed by atoms with Crippen LogP contribution in [0.2, 0.25) is 0 Å². The van der Waals surface area contributed by atoms with Crippen LogP contribution in [0.4, 0.5) is 0 Å². The summed E-state index contributed by atoms with van der Waals surface area (Å²) in [6.07, 6.45) is 0. The number of hydrogen-bond acceptors (Lipinski definition) is 4. The lowest BCUT2D eigenvalue weighted by Crippen LogP contribution is -2.36. The molecule has 2 rings (SSSR count). The molecule has 0 aliphatic heterocycles. The number of nitrogens with one attached hydrogen (secondary N) is 2. The Labute approximate surface area is 167 Å². The van der Waals surface area contributed by atoms with E-state index in [1.807, 2.05) is 32.0 Å². The van der Waals surface area contributed by atoms with Gasteiger partial charge in [0.25, 0.3) is 0 Å². The first-order chi connectivity index (χ1) is 13.6. The van der Waals surface area contributed by atoms with Gasteiger partial charge in [-0.05, 0) is 50.1 Å². The SMILES string of the molecule is CCNC(=NCc1ccc(O)cc1)NCc1ccc(C)cc1OCCOCC. The van der Waals surface area contributed by atoms with Gasteiger partial charge >= 0.3 is 0 Å². The summed E-state index contributed by atoms with van der Waals surface area (Å²) in [6, 6.07) is 13.3. The first-order valence-corrected chi connectivity index (χ1v) is 9.72. The lowest BCUT2D eigenvalue weighted by Gasteiger charge is -2.15. The highest BCUT2D eigenvalue weighted by atomic mass is 16.5. The zero-order valence-corrected chi connectivity index (χ0v) is 17.0. The Balaban J connectivity index is 1.99. The van der Waals surface area contributed by atoms with Crippen LogP contribution in [0.3, 0.4) is 0 Å². The molecule has 0 radical (unpaired) electrons. The van der Waals surface area contributed by atoms with Crippen LogP contribution in [-0.2, 0) is 17.8 Å². The fourth-order valence-electron chi connectivity index (χ4n) is 2.59. The van der Waals surface area contributed by atoms with Crippen molar-refractivity contribution in [3.8, 4) is 11.5 Å². The molecule has 0 aromatic heterocycles. The second-order valence-electron chi connectivity index (χ2n) is 6.37. The zero-order chi connectivity index (χ0) is 20.2. The maximum Gasteiger partial charge on any atom is 0.191 e. The number of guanidine groups is 1. The minimum atomic E-state index is 0.258. The number of phenolic OH excluding ortho intramolecular Hbond substituents is 1. The van der Waals surface area contributed by atoms with Crippen molar-refractivity contribution in [1.29, 1.82) is 0 Å². The number of aliphatic imine (C=N–C) groups is 1. The van der Waals surface area contributed by atoms with Crippen molar-refractivity contribution >= 4 is 5.96 Å². The molecule has 0 heterocycles. The molecule has 0 fully saturated rings. The first kappa shape index (κ1) is 21.6. The van der Waals surface area contributed by atoms with Gasteiger partial charge in [-0.15, -0.1) is 0 Å². The summed E-state index contributed by atoms with van der Waals surface area (Å²) in [5.41, 5.74) is 3.26. The number of hydrogen-bond donors (Lipinski definition) is 3. The van der Waals surface area contributed by atoms with Crippen molar-refractivity contribution in [2.45, 2.75) is 33.9 Å². The van der Waals surface area contributed by atoms with E-state index in [0.717, 1.165) is 34.9 Å².